The molecule has 0 spiro atoms. The van der Waals surface area contributed by atoms with Crippen molar-refractivity contribution in [2.24, 2.45) is 5.92 Å². The molecule has 1 rings (SSSR count). The second-order valence-electron chi connectivity index (χ2n) is 5.68. The second-order valence-corrected chi connectivity index (χ2v) is 10.8. The van der Waals surface area contributed by atoms with E-state index in [9.17, 15) is 0 Å². The van der Waals surface area contributed by atoms with Crippen molar-refractivity contribution >= 4 is 15.2 Å². The van der Waals surface area contributed by atoms with Gasteiger partial charge in [0, 0.05) is 13.2 Å². The molecule has 1 aliphatic heterocycles. The van der Waals surface area contributed by atoms with Gasteiger partial charge in [-0.2, -0.15) is 0 Å². The first-order valence-corrected chi connectivity index (χ1v) is 9.90. The van der Waals surface area contributed by atoms with Crippen molar-refractivity contribution in [1.82, 2.24) is 0 Å². The molecule has 0 aromatic rings. The Labute approximate surface area is 102 Å². The fraction of sp³-hybridized carbons (Fsp3) is 0.833. The molecule has 1 fully saturated rings. The molecule has 0 bridgehead atoms. The van der Waals surface area contributed by atoms with Crippen molar-refractivity contribution in [1.29, 1.82) is 0 Å². The molecule has 0 N–H and O–H groups in total. The first-order valence-electron chi connectivity index (χ1n) is 6.40. The van der Waals surface area contributed by atoms with Crippen LogP contribution in [0.4, 0.5) is 0 Å². The van der Waals surface area contributed by atoms with Gasteiger partial charge >= 0.3 is 7.12 Å². The zero-order valence-corrected chi connectivity index (χ0v) is 12.4. The fourth-order valence-corrected chi connectivity index (χ4v) is 3.43. The highest BCUT2D eigenvalue weighted by molar-refractivity contribution is 6.95. The van der Waals surface area contributed by atoms with Crippen molar-refractivity contribution in [3.8, 4) is 0 Å². The second kappa shape index (κ2) is 6.03. The number of hydrogen-bond donors (Lipinski definition) is 0. The van der Waals surface area contributed by atoms with Crippen molar-refractivity contribution in [2.75, 3.05) is 13.2 Å². The van der Waals surface area contributed by atoms with Gasteiger partial charge in [0.15, 0.2) is 0 Å². The van der Waals surface area contributed by atoms with E-state index in [1.54, 1.807) is 0 Å². The maximum absolute atomic E-state index is 5.76. The highest BCUT2D eigenvalue weighted by atomic mass is 28.3. The maximum atomic E-state index is 5.76. The zero-order chi connectivity index (χ0) is 12.2. The summed E-state index contributed by atoms with van der Waals surface area (Å²) in [5, 5.41) is 1.43. The smallest absolute Gasteiger partial charge is 0.408 e. The van der Waals surface area contributed by atoms with Gasteiger partial charge < -0.3 is 9.31 Å². The van der Waals surface area contributed by atoms with Crippen LogP contribution in [0.25, 0.3) is 0 Å². The molecule has 0 radical (unpaired) electrons. The Kier molecular flexibility index (Phi) is 5.28. The topological polar surface area (TPSA) is 18.5 Å². The summed E-state index contributed by atoms with van der Waals surface area (Å²) < 4.78 is 11.5. The minimum Gasteiger partial charge on any atom is -0.408 e. The molecule has 1 saturated heterocycles. The Balaban J connectivity index is 2.82. The Morgan fingerprint density at radius 2 is 1.88 bits per heavy atom. The molecular weight excluding hydrogens is 215 g/mol. The first kappa shape index (κ1) is 14.0. The molecule has 16 heavy (non-hydrogen) atoms. The molecule has 1 unspecified atom stereocenters. The van der Waals surface area contributed by atoms with E-state index >= 15 is 0 Å². The van der Waals surface area contributed by atoms with Crippen molar-refractivity contribution in [3.05, 3.63) is 11.2 Å². The van der Waals surface area contributed by atoms with E-state index in [2.05, 4.69) is 39.6 Å². The van der Waals surface area contributed by atoms with E-state index in [0.29, 0.717) is 5.92 Å². The largest absolute Gasteiger partial charge is 0.485 e. The average Bonchev–Trinajstić information content (AvgIpc) is 2.25. The number of rotatable bonds is 4. The van der Waals surface area contributed by atoms with Gasteiger partial charge in [0.25, 0.3) is 0 Å². The molecule has 0 saturated carbocycles. The summed E-state index contributed by atoms with van der Waals surface area (Å²) >= 11 is 0. The predicted octanol–water partition coefficient (Wildman–Crippen LogP) is 3.30. The van der Waals surface area contributed by atoms with Crippen LogP contribution in [0.1, 0.15) is 26.7 Å². The fourth-order valence-electron chi connectivity index (χ4n) is 1.77. The summed E-state index contributed by atoms with van der Waals surface area (Å²) in [6, 6.07) is 0. The quantitative estimate of drug-likeness (QED) is 0.702. The van der Waals surface area contributed by atoms with Gasteiger partial charge in [-0.1, -0.05) is 51.1 Å². The lowest BCUT2D eigenvalue weighted by atomic mass is 9.85. The summed E-state index contributed by atoms with van der Waals surface area (Å²) in [6.07, 6.45) is 4.60. The van der Waals surface area contributed by atoms with Crippen LogP contribution in [-0.2, 0) is 9.31 Å². The van der Waals surface area contributed by atoms with Crippen LogP contribution < -0.4 is 0 Å². The van der Waals surface area contributed by atoms with Crippen molar-refractivity contribution in [2.45, 2.75) is 46.3 Å². The first-order chi connectivity index (χ1) is 7.45. The summed E-state index contributed by atoms with van der Waals surface area (Å²) in [5.41, 5.74) is 0. The highest BCUT2D eigenvalue weighted by Gasteiger charge is 2.35. The standard InChI is InChI=1S/C12H25BO2Si/c1-6-11(2)10-12(16(3,4)5)13-14-8-7-9-15-13/h10-11H,6-9H2,1-5H3/b12-10-. The average molecular weight is 240 g/mol. The third-order valence-electron chi connectivity index (χ3n) is 3.06. The van der Waals surface area contributed by atoms with Crippen LogP contribution in [0.3, 0.4) is 0 Å². The van der Waals surface area contributed by atoms with Crippen LogP contribution in [0, 0.1) is 5.92 Å². The molecule has 92 valence electrons. The molecule has 4 heteroatoms. The summed E-state index contributed by atoms with van der Waals surface area (Å²) in [7, 11) is -1.40. The molecule has 1 aliphatic rings. The van der Waals surface area contributed by atoms with Gasteiger partial charge in [-0.05, 0) is 12.3 Å². The lowest BCUT2D eigenvalue weighted by Gasteiger charge is -2.29. The van der Waals surface area contributed by atoms with Crippen LogP contribution >= 0.6 is 0 Å². The molecule has 0 amide bonds. The predicted molar refractivity (Wildman–Crippen MR) is 73.2 cm³/mol. The van der Waals surface area contributed by atoms with E-state index in [4.69, 9.17) is 9.31 Å². The lowest BCUT2D eigenvalue weighted by molar-refractivity contribution is 0.141. The van der Waals surface area contributed by atoms with Gasteiger partial charge in [0.05, 0.1) is 8.07 Å². The third kappa shape index (κ3) is 4.07. The van der Waals surface area contributed by atoms with Crippen molar-refractivity contribution < 1.29 is 9.31 Å². The van der Waals surface area contributed by atoms with Gasteiger partial charge in [-0.15, -0.1) is 0 Å². The van der Waals surface area contributed by atoms with E-state index in [0.717, 1.165) is 19.6 Å². The minimum atomic E-state index is -1.34. The molecular formula is C12H25BO2Si. The van der Waals surface area contributed by atoms with Crippen LogP contribution in [-0.4, -0.2) is 28.4 Å². The normalized spacial score (nSPS) is 21.1. The SMILES string of the molecule is CCC(C)/C=C(/B1OCCCO1)[Si](C)(C)C. The van der Waals surface area contributed by atoms with E-state index in [1.807, 2.05) is 0 Å². The molecule has 0 aliphatic carbocycles. The van der Waals surface area contributed by atoms with Gasteiger partial charge in [0.2, 0.25) is 0 Å². The summed E-state index contributed by atoms with van der Waals surface area (Å²) in [4.78, 5) is 0. The molecule has 1 heterocycles. The lowest BCUT2D eigenvalue weighted by Crippen LogP contribution is -2.42. The van der Waals surface area contributed by atoms with Gasteiger partial charge in [-0.25, -0.2) is 0 Å². The summed E-state index contributed by atoms with van der Waals surface area (Å²) in [5.74, 6) is 0.621. The Bertz CT molecular complexity index is 242. The molecule has 0 aromatic carbocycles. The van der Waals surface area contributed by atoms with Gasteiger partial charge in [-0.3, -0.25) is 0 Å². The Morgan fingerprint density at radius 1 is 1.31 bits per heavy atom. The number of allylic oxidation sites excluding steroid dienone is 1. The van der Waals surface area contributed by atoms with E-state index < -0.39 is 8.07 Å². The Hall–Kier alpha value is -0.0582. The molecule has 2 nitrogen and oxygen atoms in total. The van der Waals surface area contributed by atoms with E-state index in [-0.39, 0.29) is 7.12 Å². The molecule has 1 atom stereocenters. The van der Waals surface area contributed by atoms with E-state index in [1.165, 1.54) is 11.5 Å². The summed E-state index contributed by atoms with van der Waals surface area (Å²) in [6.45, 7) is 13.3. The molecule has 0 aromatic heterocycles. The monoisotopic (exact) mass is 240 g/mol. The van der Waals surface area contributed by atoms with Crippen LogP contribution in [0.2, 0.25) is 19.6 Å². The van der Waals surface area contributed by atoms with Gasteiger partial charge in [0.1, 0.15) is 0 Å². The minimum absolute atomic E-state index is 0.0607. The van der Waals surface area contributed by atoms with Crippen LogP contribution in [0.15, 0.2) is 11.2 Å². The zero-order valence-electron chi connectivity index (χ0n) is 11.4. The number of hydrogen-bond acceptors (Lipinski definition) is 2. The van der Waals surface area contributed by atoms with Crippen molar-refractivity contribution in [3.63, 3.8) is 0 Å². The Morgan fingerprint density at radius 3 is 2.31 bits per heavy atom. The highest BCUT2D eigenvalue weighted by Crippen LogP contribution is 2.23. The maximum Gasteiger partial charge on any atom is 0.485 e. The van der Waals surface area contributed by atoms with Crippen LogP contribution in [0.5, 0.6) is 0 Å². The third-order valence-corrected chi connectivity index (χ3v) is 5.19.